The first kappa shape index (κ1) is 23.8. The molecule has 0 radical (unpaired) electrons. The number of benzene rings is 1. The highest BCUT2D eigenvalue weighted by Gasteiger charge is 2.39. The number of aryl methyl sites for hydroxylation is 1. The summed E-state index contributed by atoms with van der Waals surface area (Å²) in [5.41, 5.74) is 1.83. The van der Waals surface area contributed by atoms with E-state index < -0.39 is 0 Å². The minimum absolute atomic E-state index is 0.0443. The molecule has 0 aromatic heterocycles. The number of carbonyl (C=O) groups excluding carboxylic acids is 4. The highest BCUT2D eigenvalue weighted by molar-refractivity contribution is 6.03. The third kappa shape index (κ3) is 7.08. The van der Waals surface area contributed by atoms with Crippen LogP contribution in [0, 0.1) is 11.8 Å². The van der Waals surface area contributed by atoms with Crippen molar-refractivity contribution in [2.45, 2.75) is 72.1 Å². The molecule has 164 valence electrons. The van der Waals surface area contributed by atoms with Gasteiger partial charge in [0.2, 0.25) is 17.7 Å². The van der Waals surface area contributed by atoms with E-state index in [4.69, 9.17) is 0 Å². The third-order valence-electron chi connectivity index (χ3n) is 5.69. The quantitative estimate of drug-likeness (QED) is 0.412. The van der Waals surface area contributed by atoms with E-state index >= 15 is 0 Å². The fourth-order valence-electron chi connectivity index (χ4n) is 3.64. The van der Waals surface area contributed by atoms with E-state index in [1.54, 1.807) is 0 Å². The molecule has 1 aromatic carbocycles. The van der Waals surface area contributed by atoms with Gasteiger partial charge in [0, 0.05) is 43.8 Å². The first-order chi connectivity index (χ1) is 14.3. The molecular weight excluding hydrogens is 380 g/mol. The number of ketones is 1. The van der Waals surface area contributed by atoms with E-state index in [1.165, 1.54) is 4.90 Å². The number of rotatable bonds is 12. The molecule has 0 bridgehead atoms. The SMILES string of the molecule is CCC(=O)CCc1ccc(NC(=O)CCCCCN2C(=O)CC(C(C)C)C2=O)cc1. The number of Topliss-reactive ketones (excluding diaryl/α,β-unsaturated/α-hetero) is 1. The predicted octanol–water partition coefficient (Wildman–Crippen LogP) is 4.13. The molecule has 30 heavy (non-hydrogen) atoms. The Morgan fingerprint density at radius 2 is 1.77 bits per heavy atom. The largest absolute Gasteiger partial charge is 0.326 e. The summed E-state index contributed by atoms with van der Waals surface area (Å²) in [5, 5.41) is 2.89. The fraction of sp³-hybridized carbons (Fsp3) is 0.583. The number of hydrogen-bond acceptors (Lipinski definition) is 4. The number of likely N-dealkylation sites (tertiary alicyclic amines) is 1. The maximum absolute atomic E-state index is 12.3. The molecule has 1 heterocycles. The van der Waals surface area contributed by atoms with Gasteiger partial charge in [0.15, 0.2) is 0 Å². The summed E-state index contributed by atoms with van der Waals surface area (Å²) in [6.07, 6.45) is 4.80. The van der Waals surface area contributed by atoms with Crippen molar-refractivity contribution in [3.8, 4) is 0 Å². The zero-order chi connectivity index (χ0) is 22.1. The molecule has 6 nitrogen and oxygen atoms in total. The van der Waals surface area contributed by atoms with E-state index in [1.807, 2.05) is 45.0 Å². The van der Waals surface area contributed by atoms with Crippen molar-refractivity contribution in [3.63, 3.8) is 0 Å². The van der Waals surface area contributed by atoms with Gasteiger partial charge in [0.1, 0.15) is 5.78 Å². The number of unbranched alkanes of at least 4 members (excludes halogenated alkanes) is 2. The molecule has 6 heteroatoms. The van der Waals surface area contributed by atoms with Gasteiger partial charge in [0.05, 0.1) is 0 Å². The lowest BCUT2D eigenvalue weighted by Gasteiger charge is -2.16. The molecule has 0 aliphatic carbocycles. The highest BCUT2D eigenvalue weighted by Crippen LogP contribution is 2.26. The Labute approximate surface area is 179 Å². The number of nitrogens with zero attached hydrogens (tertiary/aromatic N) is 1. The van der Waals surface area contributed by atoms with Crippen molar-refractivity contribution in [3.05, 3.63) is 29.8 Å². The molecule has 1 N–H and O–H groups in total. The molecule has 0 saturated carbocycles. The van der Waals surface area contributed by atoms with Crippen LogP contribution in [-0.2, 0) is 25.6 Å². The first-order valence-electron chi connectivity index (χ1n) is 11.1. The Kier molecular flexibility index (Phi) is 9.21. The number of imide groups is 1. The highest BCUT2D eigenvalue weighted by atomic mass is 16.2. The van der Waals surface area contributed by atoms with Gasteiger partial charge in [-0.05, 0) is 42.9 Å². The minimum atomic E-state index is -0.179. The van der Waals surface area contributed by atoms with Crippen LogP contribution in [0.3, 0.4) is 0 Å². The summed E-state index contributed by atoms with van der Waals surface area (Å²) in [4.78, 5) is 49.2. The fourth-order valence-corrected chi connectivity index (χ4v) is 3.64. The summed E-state index contributed by atoms with van der Waals surface area (Å²) >= 11 is 0. The van der Waals surface area contributed by atoms with E-state index in [9.17, 15) is 19.2 Å². The lowest BCUT2D eigenvalue weighted by molar-refractivity contribution is -0.139. The number of hydrogen-bond donors (Lipinski definition) is 1. The van der Waals surface area contributed by atoms with Crippen LogP contribution >= 0.6 is 0 Å². The van der Waals surface area contributed by atoms with Gasteiger partial charge < -0.3 is 5.32 Å². The predicted molar refractivity (Wildman–Crippen MR) is 117 cm³/mol. The molecule has 1 saturated heterocycles. The van der Waals surface area contributed by atoms with Crippen molar-refractivity contribution in [1.29, 1.82) is 0 Å². The van der Waals surface area contributed by atoms with Crippen LogP contribution in [0.5, 0.6) is 0 Å². The molecule has 3 amide bonds. The molecule has 1 aliphatic heterocycles. The van der Waals surface area contributed by atoms with Crippen LogP contribution in [0.1, 0.15) is 71.3 Å². The lowest BCUT2D eigenvalue weighted by atomic mass is 9.94. The standard InChI is InChI=1S/C24H34N2O4/c1-4-20(27)14-11-18-9-12-19(13-10-18)25-22(28)8-6-5-7-15-26-23(29)16-21(17(2)3)24(26)30/h9-10,12-13,17,21H,4-8,11,14-16H2,1-3H3,(H,25,28). The smallest absolute Gasteiger partial charge is 0.233 e. The van der Waals surface area contributed by atoms with Gasteiger partial charge in [-0.2, -0.15) is 0 Å². The average molecular weight is 415 g/mol. The summed E-state index contributed by atoms with van der Waals surface area (Å²) < 4.78 is 0. The van der Waals surface area contributed by atoms with Crippen LogP contribution in [-0.4, -0.2) is 34.9 Å². The maximum atomic E-state index is 12.3. The summed E-state index contributed by atoms with van der Waals surface area (Å²) in [7, 11) is 0. The molecule has 1 aromatic rings. The van der Waals surface area contributed by atoms with Crippen LogP contribution < -0.4 is 5.32 Å². The average Bonchev–Trinajstić information content (AvgIpc) is 3.01. The van der Waals surface area contributed by atoms with Gasteiger partial charge in [-0.1, -0.05) is 39.3 Å². The molecule has 1 fully saturated rings. The monoisotopic (exact) mass is 414 g/mol. The van der Waals surface area contributed by atoms with Crippen molar-refractivity contribution >= 4 is 29.2 Å². The topological polar surface area (TPSA) is 83.6 Å². The Morgan fingerprint density at radius 1 is 1.07 bits per heavy atom. The van der Waals surface area contributed by atoms with E-state index in [0.717, 1.165) is 30.5 Å². The Morgan fingerprint density at radius 3 is 2.37 bits per heavy atom. The summed E-state index contributed by atoms with van der Waals surface area (Å²) in [6, 6.07) is 7.60. The number of anilines is 1. The van der Waals surface area contributed by atoms with Crippen LogP contribution in [0.2, 0.25) is 0 Å². The molecule has 2 rings (SSSR count). The number of nitrogens with one attached hydrogen (secondary N) is 1. The van der Waals surface area contributed by atoms with E-state index in [2.05, 4.69) is 5.32 Å². The minimum Gasteiger partial charge on any atom is -0.326 e. The van der Waals surface area contributed by atoms with Crippen LogP contribution in [0.15, 0.2) is 24.3 Å². The van der Waals surface area contributed by atoms with Crippen molar-refractivity contribution in [1.82, 2.24) is 4.90 Å². The molecule has 0 spiro atoms. The molecule has 1 atom stereocenters. The Hall–Kier alpha value is -2.50. The zero-order valence-corrected chi connectivity index (χ0v) is 18.4. The van der Waals surface area contributed by atoms with Crippen molar-refractivity contribution < 1.29 is 19.2 Å². The van der Waals surface area contributed by atoms with Crippen molar-refractivity contribution in [2.24, 2.45) is 11.8 Å². The van der Waals surface area contributed by atoms with E-state index in [-0.39, 0.29) is 35.3 Å². The van der Waals surface area contributed by atoms with Crippen molar-refractivity contribution in [2.75, 3.05) is 11.9 Å². The van der Waals surface area contributed by atoms with Gasteiger partial charge >= 0.3 is 0 Å². The number of carbonyl (C=O) groups is 4. The molecular formula is C24H34N2O4. The maximum Gasteiger partial charge on any atom is 0.233 e. The van der Waals surface area contributed by atoms with Crippen LogP contribution in [0.25, 0.3) is 0 Å². The second-order valence-electron chi connectivity index (χ2n) is 8.39. The second kappa shape index (κ2) is 11.6. The Balaban J connectivity index is 1.64. The lowest BCUT2D eigenvalue weighted by Crippen LogP contribution is -2.32. The van der Waals surface area contributed by atoms with Gasteiger partial charge in [-0.3, -0.25) is 24.1 Å². The summed E-state index contributed by atoms with van der Waals surface area (Å²) in [5.74, 6) is 0.0988. The van der Waals surface area contributed by atoms with E-state index in [0.29, 0.717) is 38.6 Å². The third-order valence-corrected chi connectivity index (χ3v) is 5.69. The number of amides is 3. The first-order valence-corrected chi connectivity index (χ1v) is 11.1. The van der Waals surface area contributed by atoms with Gasteiger partial charge in [0.25, 0.3) is 0 Å². The second-order valence-corrected chi connectivity index (χ2v) is 8.39. The molecule has 1 unspecified atom stereocenters. The molecule has 1 aliphatic rings. The van der Waals surface area contributed by atoms with Gasteiger partial charge in [-0.25, -0.2) is 0 Å². The Bertz CT molecular complexity index is 755. The summed E-state index contributed by atoms with van der Waals surface area (Å²) in [6.45, 7) is 6.26. The normalized spacial score (nSPS) is 16.4. The zero-order valence-electron chi connectivity index (χ0n) is 18.4. The van der Waals surface area contributed by atoms with Gasteiger partial charge in [-0.15, -0.1) is 0 Å². The van der Waals surface area contributed by atoms with Crippen LogP contribution in [0.4, 0.5) is 5.69 Å².